The minimum atomic E-state index is -0.698. The van der Waals surface area contributed by atoms with Gasteiger partial charge in [0, 0.05) is 0 Å². The van der Waals surface area contributed by atoms with E-state index in [-0.39, 0.29) is 5.92 Å². The maximum atomic E-state index is 11.8. The first kappa shape index (κ1) is 21.6. The Morgan fingerprint density at radius 1 is 0.840 bits per heavy atom. The van der Waals surface area contributed by atoms with Crippen LogP contribution in [0.1, 0.15) is 72.6 Å². The zero-order valence-electron chi connectivity index (χ0n) is 16.1. The molecule has 2 atom stereocenters. The summed E-state index contributed by atoms with van der Waals surface area (Å²) in [5.41, 5.74) is 0. The quantitative estimate of drug-likeness (QED) is 0.422. The first-order chi connectivity index (χ1) is 11.9. The predicted octanol–water partition coefficient (Wildman–Crippen LogP) is 5.09. The van der Waals surface area contributed by atoms with Crippen LogP contribution in [0.5, 0.6) is 0 Å². The third kappa shape index (κ3) is 10.2. The van der Waals surface area contributed by atoms with Crippen molar-refractivity contribution in [2.75, 3.05) is 13.2 Å². The molecule has 1 aliphatic rings. The van der Waals surface area contributed by atoms with E-state index in [2.05, 4.69) is 13.8 Å². The summed E-state index contributed by atoms with van der Waals surface area (Å²) in [6, 6.07) is 0. The summed E-state index contributed by atoms with van der Waals surface area (Å²) >= 11 is 0. The van der Waals surface area contributed by atoms with Crippen molar-refractivity contribution in [2.45, 2.75) is 84.8 Å². The summed E-state index contributed by atoms with van der Waals surface area (Å²) in [7, 11) is 0. The lowest BCUT2D eigenvalue weighted by Gasteiger charge is -2.29. The minimum Gasteiger partial charge on any atom is -0.434 e. The predicted molar refractivity (Wildman–Crippen MR) is 94.4 cm³/mol. The van der Waals surface area contributed by atoms with Gasteiger partial charge >= 0.3 is 12.3 Å². The van der Waals surface area contributed by atoms with E-state index in [1.54, 1.807) is 0 Å². The number of carbonyl (C=O) groups excluding carboxylic acids is 2. The fourth-order valence-electron chi connectivity index (χ4n) is 2.69. The minimum absolute atomic E-state index is 0.247. The van der Waals surface area contributed by atoms with E-state index in [4.69, 9.17) is 18.9 Å². The Kier molecular flexibility index (Phi) is 10.3. The number of ether oxygens (including phenoxy) is 4. The first-order valence-electron chi connectivity index (χ1n) is 9.55. The van der Waals surface area contributed by atoms with Gasteiger partial charge in [0.25, 0.3) is 0 Å². The van der Waals surface area contributed by atoms with E-state index >= 15 is 0 Å². The number of rotatable bonds is 9. The summed E-state index contributed by atoms with van der Waals surface area (Å²) in [6.07, 6.45) is 3.91. The average Bonchev–Trinajstić information content (AvgIpc) is 2.54. The highest BCUT2D eigenvalue weighted by atomic mass is 16.8. The molecule has 6 nitrogen and oxygen atoms in total. The lowest BCUT2D eigenvalue weighted by Crippen LogP contribution is -2.38. The Hall–Kier alpha value is -1.46. The second kappa shape index (κ2) is 12.0. The molecule has 6 heteroatoms. The Morgan fingerprint density at radius 2 is 1.40 bits per heavy atom. The maximum Gasteiger partial charge on any atom is 0.508 e. The highest BCUT2D eigenvalue weighted by Crippen LogP contribution is 2.25. The third-order valence-corrected chi connectivity index (χ3v) is 4.07. The summed E-state index contributed by atoms with van der Waals surface area (Å²) < 4.78 is 20.9. The molecule has 2 unspecified atom stereocenters. The molecule has 0 heterocycles. The van der Waals surface area contributed by atoms with Gasteiger partial charge in [-0.25, -0.2) is 9.59 Å². The van der Waals surface area contributed by atoms with Crippen LogP contribution in [0.15, 0.2) is 0 Å². The van der Waals surface area contributed by atoms with Crippen molar-refractivity contribution in [1.29, 1.82) is 0 Å². The van der Waals surface area contributed by atoms with Gasteiger partial charge in [-0.15, -0.1) is 0 Å². The van der Waals surface area contributed by atoms with Gasteiger partial charge in [-0.2, -0.15) is 0 Å². The van der Waals surface area contributed by atoms with Gasteiger partial charge in [-0.3, -0.25) is 0 Å². The number of unbranched alkanes of at least 4 members (excludes halogenated alkanes) is 1. The van der Waals surface area contributed by atoms with Crippen LogP contribution in [0, 0.1) is 11.8 Å². The zero-order chi connectivity index (χ0) is 18.7. The van der Waals surface area contributed by atoms with Crippen LogP contribution >= 0.6 is 0 Å². The molecule has 0 radical (unpaired) electrons. The molecular weight excluding hydrogens is 324 g/mol. The molecule has 0 aliphatic heterocycles. The van der Waals surface area contributed by atoms with E-state index in [9.17, 15) is 9.59 Å². The third-order valence-electron chi connectivity index (χ3n) is 4.07. The maximum absolute atomic E-state index is 11.8. The molecule has 25 heavy (non-hydrogen) atoms. The summed E-state index contributed by atoms with van der Waals surface area (Å²) in [6.45, 7) is 8.93. The van der Waals surface area contributed by atoms with E-state index in [1.807, 2.05) is 13.8 Å². The second-order valence-electron chi connectivity index (χ2n) is 7.54. The van der Waals surface area contributed by atoms with Crippen LogP contribution in [0.25, 0.3) is 0 Å². The van der Waals surface area contributed by atoms with Crippen LogP contribution in [-0.2, 0) is 18.9 Å². The molecule has 1 rings (SSSR count). The molecule has 0 spiro atoms. The lowest BCUT2D eigenvalue weighted by molar-refractivity contribution is -0.0723. The van der Waals surface area contributed by atoms with Gasteiger partial charge in [0.2, 0.25) is 0 Å². The Bertz CT molecular complexity index is 393. The molecule has 1 aliphatic carbocycles. The number of hydrogen-bond donors (Lipinski definition) is 0. The Labute approximate surface area is 151 Å². The van der Waals surface area contributed by atoms with E-state index in [1.165, 1.54) is 0 Å². The van der Waals surface area contributed by atoms with Gasteiger partial charge < -0.3 is 18.9 Å². The lowest BCUT2D eigenvalue weighted by atomic mass is 9.95. The van der Waals surface area contributed by atoms with Gasteiger partial charge in [-0.1, -0.05) is 34.1 Å². The Balaban J connectivity index is 2.30. The SMILES string of the molecule is CC(C)CCCCOC(=O)OC1CCCCC1OC(=O)OCC(C)C. The van der Waals surface area contributed by atoms with E-state index < -0.39 is 24.5 Å². The largest absolute Gasteiger partial charge is 0.508 e. The molecule has 0 aromatic carbocycles. The van der Waals surface area contributed by atoms with Gasteiger partial charge in [-0.05, 0) is 50.4 Å². The van der Waals surface area contributed by atoms with Crippen LogP contribution in [0.3, 0.4) is 0 Å². The smallest absolute Gasteiger partial charge is 0.434 e. The molecule has 0 saturated heterocycles. The molecule has 0 N–H and O–H groups in total. The van der Waals surface area contributed by atoms with Gasteiger partial charge in [0.05, 0.1) is 13.2 Å². The van der Waals surface area contributed by atoms with Gasteiger partial charge in [0.15, 0.2) is 0 Å². The fraction of sp³-hybridized carbons (Fsp3) is 0.895. The van der Waals surface area contributed by atoms with Crippen LogP contribution in [0.4, 0.5) is 9.59 Å². The molecular formula is C19H34O6. The summed E-state index contributed by atoms with van der Waals surface area (Å²) in [5, 5.41) is 0. The van der Waals surface area contributed by atoms with Crippen LogP contribution in [-0.4, -0.2) is 37.7 Å². The second-order valence-corrected chi connectivity index (χ2v) is 7.54. The topological polar surface area (TPSA) is 71.1 Å². The van der Waals surface area contributed by atoms with E-state index in [0.29, 0.717) is 32.0 Å². The van der Waals surface area contributed by atoms with Crippen molar-refractivity contribution in [3.8, 4) is 0 Å². The average molecular weight is 358 g/mol. The van der Waals surface area contributed by atoms with Crippen molar-refractivity contribution in [3.63, 3.8) is 0 Å². The molecule has 0 aromatic heterocycles. The molecule has 1 saturated carbocycles. The first-order valence-corrected chi connectivity index (χ1v) is 9.55. The fourth-order valence-corrected chi connectivity index (χ4v) is 2.69. The zero-order valence-corrected chi connectivity index (χ0v) is 16.1. The molecule has 0 bridgehead atoms. The molecule has 0 aromatic rings. The highest BCUT2D eigenvalue weighted by molar-refractivity contribution is 5.61. The molecule has 1 fully saturated rings. The van der Waals surface area contributed by atoms with Crippen molar-refractivity contribution in [2.24, 2.45) is 11.8 Å². The van der Waals surface area contributed by atoms with Crippen LogP contribution in [0.2, 0.25) is 0 Å². The summed E-state index contributed by atoms with van der Waals surface area (Å²) in [5.74, 6) is 0.902. The highest BCUT2D eigenvalue weighted by Gasteiger charge is 2.32. The van der Waals surface area contributed by atoms with Gasteiger partial charge in [0.1, 0.15) is 12.2 Å². The monoisotopic (exact) mass is 358 g/mol. The standard InChI is InChI=1S/C19H34O6/c1-14(2)9-7-8-12-22-18(20)24-16-10-5-6-11-17(16)25-19(21)23-13-15(3)4/h14-17H,5-13H2,1-4H3. The van der Waals surface area contributed by atoms with Crippen LogP contribution < -0.4 is 0 Å². The van der Waals surface area contributed by atoms with Crippen molar-refractivity contribution >= 4 is 12.3 Å². The van der Waals surface area contributed by atoms with E-state index in [0.717, 1.165) is 32.1 Å². The Morgan fingerprint density at radius 3 is 1.92 bits per heavy atom. The normalized spacial score (nSPS) is 20.4. The van der Waals surface area contributed by atoms with Crippen molar-refractivity contribution in [3.05, 3.63) is 0 Å². The molecule has 0 amide bonds. The van der Waals surface area contributed by atoms with Crippen molar-refractivity contribution < 1.29 is 28.5 Å². The molecule has 146 valence electrons. The summed E-state index contributed by atoms with van der Waals surface area (Å²) in [4.78, 5) is 23.6. The van der Waals surface area contributed by atoms with Crippen molar-refractivity contribution in [1.82, 2.24) is 0 Å². The number of hydrogen-bond acceptors (Lipinski definition) is 6. The number of carbonyl (C=O) groups is 2.